The van der Waals surface area contributed by atoms with Crippen LogP contribution in [0.2, 0.25) is 0 Å². The fourth-order valence-electron chi connectivity index (χ4n) is 1.52. The van der Waals surface area contributed by atoms with Crippen LogP contribution in [0.15, 0.2) is 12.2 Å². The molecule has 3 nitrogen and oxygen atoms in total. The molecule has 1 radical (unpaired) electrons. The lowest BCUT2D eigenvalue weighted by molar-refractivity contribution is 0.486. The Bertz CT molecular complexity index is 156. The summed E-state index contributed by atoms with van der Waals surface area (Å²) >= 11 is 0. The second-order valence-corrected chi connectivity index (χ2v) is 3.03. The highest BCUT2D eigenvalue weighted by Gasteiger charge is 2.23. The van der Waals surface area contributed by atoms with Crippen molar-refractivity contribution in [2.45, 2.75) is 18.5 Å². The van der Waals surface area contributed by atoms with Crippen LogP contribution in [0, 0.1) is 6.04 Å². The maximum atomic E-state index is 3.24. The molecule has 0 aliphatic heterocycles. The number of rotatable bonds is 3. The normalized spacial score (nSPS) is 30.9. The van der Waals surface area contributed by atoms with E-state index in [4.69, 9.17) is 0 Å². The Kier molecular flexibility index (Phi) is 3.72. The molecule has 0 saturated carbocycles. The number of likely N-dealkylation sites (N-methyl/N-ethyl adjacent to an activating group) is 3. The molecule has 0 amide bonds. The smallest absolute Gasteiger partial charge is 0.0590 e. The van der Waals surface area contributed by atoms with Crippen molar-refractivity contribution >= 4 is 0 Å². The minimum absolute atomic E-state index is 0.389. The molecule has 2 unspecified atom stereocenters. The van der Waals surface area contributed by atoms with Crippen LogP contribution in [-0.4, -0.2) is 33.2 Å². The Morgan fingerprint density at radius 2 is 1.92 bits per heavy atom. The van der Waals surface area contributed by atoms with Gasteiger partial charge in [-0.25, -0.2) is 0 Å². The van der Waals surface area contributed by atoms with Gasteiger partial charge in [0.2, 0.25) is 0 Å². The van der Waals surface area contributed by atoms with E-state index >= 15 is 0 Å². The minimum Gasteiger partial charge on any atom is -0.313 e. The molecular formula is C9H18N3. The Morgan fingerprint density at radius 1 is 1.17 bits per heavy atom. The predicted octanol–water partition coefficient (Wildman–Crippen LogP) is -0.126. The topological polar surface area (TPSA) is 36.1 Å². The average molecular weight is 168 g/mol. The van der Waals surface area contributed by atoms with Gasteiger partial charge in [-0.2, -0.15) is 0 Å². The molecule has 12 heavy (non-hydrogen) atoms. The Hall–Kier alpha value is -0.380. The van der Waals surface area contributed by atoms with Gasteiger partial charge in [0.1, 0.15) is 0 Å². The summed E-state index contributed by atoms with van der Waals surface area (Å²) in [6.07, 6.45) is 5.47. The molecule has 0 aromatic rings. The summed E-state index contributed by atoms with van der Waals surface area (Å²) in [4.78, 5) is 0. The van der Waals surface area contributed by atoms with E-state index in [0.29, 0.717) is 12.1 Å². The zero-order valence-electron chi connectivity index (χ0n) is 8.02. The summed E-state index contributed by atoms with van der Waals surface area (Å²) in [5.74, 6) is 0. The molecule has 0 spiro atoms. The highest BCUT2D eigenvalue weighted by atomic mass is 15.0. The third-order valence-electron chi connectivity index (χ3n) is 2.35. The Morgan fingerprint density at radius 3 is 2.42 bits per heavy atom. The van der Waals surface area contributed by atoms with Crippen molar-refractivity contribution < 1.29 is 0 Å². The number of nitrogens with one attached hydrogen (secondary N) is 3. The van der Waals surface area contributed by atoms with Gasteiger partial charge in [0.15, 0.2) is 0 Å². The van der Waals surface area contributed by atoms with Gasteiger partial charge in [-0.05, 0) is 27.6 Å². The first-order valence-electron chi connectivity index (χ1n) is 4.38. The Balaban J connectivity index is 2.56. The first kappa shape index (κ1) is 9.71. The molecule has 1 rings (SSSR count). The second kappa shape index (κ2) is 4.60. The van der Waals surface area contributed by atoms with Gasteiger partial charge >= 0.3 is 0 Å². The van der Waals surface area contributed by atoms with Crippen molar-refractivity contribution in [2.24, 2.45) is 0 Å². The van der Waals surface area contributed by atoms with E-state index in [9.17, 15) is 0 Å². The van der Waals surface area contributed by atoms with Crippen molar-refractivity contribution in [1.82, 2.24) is 16.0 Å². The summed E-state index contributed by atoms with van der Waals surface area (Å²) in [6.45, 7) is 0. The number of hydrogen-bond donors (Lipinski definition) is 3. The number of hydrogen-bond acceptors (Lipinski definition) is 3. The van der Waals surface area contributed by atoms with Gasteiger partial charge < -0.3 is 16.0 Å². The summed E-state index contributed by atoms with van der Waals surface area (Å²) in [7, 11) is 5.94. The van der Waals surface area contributed by atoms with E-state index in [0.717, 1.165) is 6.42 Å². The predicted molar refractivity (Wildman–Crippen MR) is 51.8 cm³/mol. The van der Waals surface area contributed by atoms with E-state index in [-0.39, 0.29) is 0 Å². The molecule has 1 aliphatic carbocycles. The van der Waals surface area contributed by atoms with Crippen molar-refractivity contribution in [3.05, 3.63) is 18.2 Å². The van der Waals surface area contributed by atoms with E-state index in [2.05, 4.69) is 28.1 Å². The lowest BCUT2D eigenvalue weighted by Gasteiger charge is -2.30. The van der Waals surface area contributed by atoms with E-state index in [1.165, 1.54) is 6.04 Å². The SMILES string of the molecule is CN[C]1CC(NC)C=CC1NC. The maximum absolute atomic E-state index is 3.24. The quantitative estimate of drug-likeness (QED) is 0.514. The molecule has 0 heterocycles. The van der Waals surface area contributed by atoms with Crippen LogP contribution in [0.5, 0.6) is 0 Å². The van der Waals surface area contributed by atoms with Crippen LogP contribution >= 0.6 is 0 Å². The average Bonchev–Trinajstić information content (AvgIpc) is 2.16. The first-order chi connectivity index (χ1) is 5.81. The zero-order valence-corrected chi connectivity index (χ0v) is 8.02. The lowest BCUT2D eigenvalue weighted by atomic mass is 9.93. The fourth-order valence-corrected chi connectivity index (χ4v) is 1.52. The van der Waals surface area contributed by atoms with Crippen LogP contribution in [0.3, 0.4) is 0 Å². The molecule has 0 bridgehead atoms. The van der Waals surface area contributed by atoms with Crippen LogP contribution in [-0.2, 0) is 0 Å². The highest BCUT2D eigenvalue weighted by Crippen LogP contribution is 2.17. The van der Waals surface area contributed by atoms with E-state index < -0.39 is 0 Å². The molecule has 69 valence electrons. The highest BCUT2D eigenvalue weighted by molar-refractivity contribution is 5.18. The zero-order chi connectivity index (χ0) is 8.97. The molecule has 0 fully saturated rings. The van der Waals surface area contributed by atoms with Crippen LogP contribution in [0.25, 0.3) is 0 Å². The summed E-state index contributed by atoms with van der Waals surface area (Å²) in [6, 6.07) is 2.22. The van der Waals surface area contributed by atoms with Crippen molar-refractivity contribution in [2.75, 3.05) is 21.1 Å². The van der Waals surface area contributed by atoms with Crippen LogP contribution in [0.4, 0.5) is 0 Å². The van der Waals surface area contributed by atoms with Crippen LogP contribution < -0.4 is 16.0 Å². The molecule has 0 aromatic heterocycles. The molecule has 0 aromatic carbocycles. The fraction of sp³-hybridized carbons (Fsp3) is 0.667. The van der Waals surface area contributed by atoms with Gasteiger partial charge in [-0.15, -0.1) is 0 Å². The van der Waals surface area contributed by atoms with Gasteiger partial charge in [-0.1, -0.05) is 12.2 Å². The molecule has 1 aliphatic rings. The standard InChI is InChI=1S/C9H18N3/c1-10-7-4-5-8(11-2)9(6-7)12-3/h4-5,7-8,10-12H,6H2,1-3H3. The minimum atomic E-state index is 0.389. The Labute approximate surface area is 74.6 Å². The molecule has 0 saturated heterocycles. The molecule has 3 N–H and O–H groups in total. The molecular weight excluding hydrogens is 150 g/mol. The van der Waals surface area contributed by atoms with Gasteiger partial charge in [-0.3, -0.25) is 0 Å². The van der Waals surface area contributed by atoms with Gasteiger partial charge in [0, 0.05) is 12.1 Å². The summed E-state index contributed by atoms with van der Waals surface area (Å²) < 4.78 is 0. The van der Waals surface area contributed by atoms with E-state index in [1.807, 2.05) is 21.1 Å². The van der Waals surface area contributed by atoms with Gasteiger partial charge in [0.05, 0.1) is 6.04 Å². The maximum Gasteiger partial charge on any atom is 0.0590 e. The first-order valence-corrected chi connectivity index (χ1v) is 4.38. The summed E-state index contributed by atoms with van der Waals surface area (Å²) in [5, 5.41) is 9.70. The molecule has 3 heteroatoms. The van der Waals surface area contributed by atoms with E-state index in [1.54, 1.807) is 0 Å². The largest absolute Gasteiger partial charge is 0.313 e. The van der Waals surface area contributed by atoms with Crippen molar-refractivity contribution in [1.29, 1.82) is 0 Å². The molecule has 2 atom stereocenters. The summed E-state index contributed by atoms with van der Waals surface area (Å²) in [5.41, 5.74) is 0. The second-order valence-electron chi connectivity index (χ2n) is 3.03. The third kappa shape index (κ3) is 2.06. The van der Waals surface area contributed by atoms with Gasteiger partial charge in [0.25, 0.3) is 0 Å². The van der Waals surface area contributed by atoms with Crippen molar-refractivity contribution in [3.63, 3.8) is 0 Å². The van der Waals surface area contributed by atoms with Crippen LogP contribution in [0.1, 0.15) is 6.42 Å². The third-order valence-corrected chi connectivity index (χ3v) is 2.35. The lowest BCUT2D eigenvalue weighted by Crippen LogP contribution is -2.44. The monoisotopic (exact) mass is 168 g/mol. The van der Waals surface area contributed by atoms with Crippen molar-refractivity contribution in [3.8, 4) is 0 Å².